The minimum atomic E-state index is 0.0711. The van der Waals surface area contributed by atoms with Crippen molar-refractivity contribution < 1.29 is 4.79 Å². The van der Waals surface area contributed by atoms with Gasteiger partial charge < -0.3 is 5.32 Å². The van der Waals surface area contributed by atoms with Crippen molar-refractivity contribution in [3.63, 3.8) is 0 Å². The molecule has 90 valence electrons. The SMILES string of the molecule is C=CCC(NC(=O)C1CCC1)c1ccccc1. The first kappa shape index (κ1) is 11.9. The standard InChI is InChI=1S/C15H19NO/c1-2-7-14(12-8-4-3-5-9-12)16-15(17)13-10-6-11-13/h2-5,8-9,13-14H,1,6-7,10-11H2,(H,16,17). The van der Waals surface area contributed by atoms with Crippen LogP contribution < -0.4 is 5.32 Å². The van der Waals surface area contributed by atoms with Crippen molar-refractivity contribution in [3.05, 3.63) is 48.6 Å². The minimum absolute atomic E-state index is 0.0711. The van der Waals surface area contributed by atoms with Gasteiger partial charge >= 0.3 is 0 Å². The summed E-state index contributed by atoms with van der Waals surface area (Å²) in [5.41, 5.74) is 1.15. The third-order valence-corrected chi connectivity index (χ3v) is 3.40. The smallest absolute Gasteiger partial charge is 0.223 e. The summed E-state index contributed by atoms with van der Waals surface area (Å²) in [5.74, 6) is 0.443. The van der Waals surface area contributed by atoms with E-state index in [0.717, 1.165) is 24.8 Å². The van der Waals surface area contributed by atoms with Crippen LogP contribution in [0, 0.1) is 5.92 Å². The molecule has 1 aromatic carbocycles. The van der Waals surface area contributed by atoms with Gasteiger partial charge in [0.15, 0.2) is 0 Å². The predicted octanol–water partition coefficient (Wildman–Crippen LogP) is 3.22. The second-order valence-electron chi connectivity index (χ2n) is 4.62. The molecular weight excluding hydrogens is 210 g/mol. The van der Waals surface area contributed by atoms with Crippen LogP contribution in [0.2, 0.25) is 0 Å². The highest BCUT2D eigenvalue weighted by Gasteiger charge is 2.26. The first-order valence-electron chi connectivity index (χ1n) is 6.27. The molecule has 0 saturated heterocycles. The van der Waals surface area contributed by atoms with E-state index >= 15 is 0 Å². The maximum Gasteiger partial charge on any atom is 0.223 e. The third kappa shape index (κ3) is 2.96. The van der Waals surface area contributed by atoms with E-state index in [1.807, 2.05) is 24.3 Å². The van der Waals surface area contributed by atoms with Crippen LogP contribution in [0.15, 0.2) is 43.0 Å². The Balaban J connectivity index is 2.01. The lowest BCUT2D eigenvalue weighted by Crippen LogP contribution is -2.36. The summed E-state index contributed by atoms with van der Waals surface area (Å²) in [4.78, 5) is 11.9. The Morgan fingerprint density at radius 3 is 2.65 bits per heavy atom. The molecule has 0 aliphatic heterocycles. The number of hydrogen-bond acceptors (Lipinski definition) is 1. The molecule has 2 nitrogen and oxygen atoms in total. The summed E-state index contributed by atoms with van der Waals surface area (Å²) in [6.07, 6.45) is 5.92. The zero-order valence-corrected chi connectivity index (χ0v) is 10.1. The molecule has 1 aliphatic rings. The Morgan fingerprint density at radius 2 is 2.12 bits per heavy atom. The van der Waals surface area contributed by atoms with Crippen molar-refractivity contribution in [3.8, 4) is 0 Å². The Labute approximate surface area is 103 Å². The van der Waals surface area contributed by atoms with E-state index in [9.17, 15) is 4.79 Å². The van der Waals surface area contributed by atoms with Gasteiger partial charge in [0.05, 0.1) is 6.04 Å². The van der Waals surface area contributed by atoms with Crippen LogP contribution in [0.25, 0.3) is 0 Å². The van der Waals surface area contributed by atoms with Crippen molar-refractivity contribution >= 4 is 5.91 Å². The monoisotopic (exact) mass is 229 g/mol. The highest BCUT2D eigenvalue weighted by molar-refractivity contribution is 5.79. The fraction of sp³-hybridized carbons (Fsp3) is 0.400. The van der Waals surface area contributed by atoms with Gasteiger partial charge in [0.1, 0.15) is 0 Å². The van der Waals surface area contributed by atoms with Gasteiger partial charge in [0.2, 0.25) is 5.91 Å². The Kier molecular flexibility index (Phi) is 3.97. The van der Waals surface area contributed by atoms with E-state index in [0.29, 0.717) is 0 Å². The summed E-state index contributed by atoms with van der Waals surface area (Å²) in [6.45, 7) is 3.76. The van der Waals surface area contributed by atoms with Gasteiger partial charge in [-0.15, -0.1) is 6.58 Å². The minimum Gasteiger partial charge on any atom is -0.349 e. The zero-order chi connectivity index (χ0) is 12.1. The Hall–Kier alpha value is -1.57. The molecule has 1 fully saturated rings. The normalized spacial score (nSPS) is 16.9. The average molecular weight is 229 g/mol. The molecule has 0 bridgehead atoms. The van der Waals surface area contributed by atoms with Crippen molar-refractivity contribution in [1.82, 2.24) is 5.32 Å². The molecule has 0 aromatic heterocycles. The highest BCUT2D eigenvalue weighted by Crippen LogP contribution is 2.27. The molecular formula is C15H19NO. The molecule has 1 amide bonds. The number of rotatable bonds is 5. The maximum atomic E-state index is 11.9. The summed E-state index contributed by atoms with van der Waals surface area (Å²) in [6, 6.07) is 10.2. The van der Waals surface area contributed by atoms with E-state index in [1.165, 1.54) is 6.42 Å². The van der Waals surface area contributed by atoms with Crippen LogP contribution in [0.3, 0.4) is 0 Å². The number of hydrogen-bond donors (Lipinski definition) is 1. The first-order valence-corrected chi connectivity index (χ1v) is 6.27. The second-order valence-corrected chi connectivity index (χ2v) is 4.62. The van der Waals surface area contributed by atoms with Crippen LogP contribution in [0.5, 0.6) is 0 Å². The summed E-state index contributed by atoms with van der Waals surface area (Å²) in [5, 5.41) is 3.13. The Morgan fingerprint density at radius 1 is 1.41 bits per heavy atom. The number of amides is 1. The van der Waals surface area contributed by atoms with Gasteiger partial charge in [0.25, 0.3) is 0 Å². The fourth-order valence-corrected chi connectivity index (χ4v) is 2.09. The van der Waals surface area contributed by atoms with Crippen molar-refractivity contribution in [2.24, 2.45) is 5.92 Å². The number of carbonyl (C=O) groups excluding carboxylic acids is 1. The van der Waals surface area contributed by atoms with Gasteiger partial charge in [-0.05, 0) is 24.8 Å². The van der Waals surface area contributed by atoms with Gasteiger partial charge in [0, 0.05) is 5.92 Å². The molecule has 17 heavy (non-hydrogen) atoms. The second kappa shape index (κ2) is 5.67. The molecule has 1 N–H and O–H groups in total. The average Bonchev–Trinajstić information content (AvgIpc) is 2.27. The topological polar surface area (TPSA) is 29.1 Å². The van der Waals surface area contributed by atoms with Crippen LogP contribution >= 0.6 is 0 Å². The number of carbonyl (C=O) groups is 1. The molecule has 1 unspecified atom stereocenters. The maximum absolute atomic E-state index is 11.9. The van der Waals surface area contributed by atoms with E-state index < -0.39 is 0 Å². The van der Waals surface area contributed by atoms with E-state index in [4.69, 9.17) is 0 Å². The van der Waals surface area contributed by atoms with Gasteiger partial charge in [-0.25, -0.2) is 0 Å². The molecule has 2 heteroatoms. The quantitative estimate of drug-likeness (QED) is 0.772. The Bertz CT molecular complexity index is 381. The predicted molar refractivity (Wildman–Crippen MR) is 69.5 cm³/mol. The molecule has 0 radical (unpaired) electrons. The first-order chi connectivity index (χ1) is 8.31. The van der Waals surface area contributed by atoms with Crippen LogP contribution in [0.4, 0.5) is 0 Å². The third-order valence-electron chi connectivity index (χ3n) is 3.40. The lowest BCUT2D eigenvalue weighted by molar-refractivity contribution is -0.128. The van der Waals surface area contributed by atoms with Crippen LogP contribution in [0.1, 0.15) is 37.3 Å². The molecule has 0 spiro atoms. The summed E-state index contributed by atoms with van der Waals surface area (Å²) < 4.78 is 0. The zero-order valence-electron chi connectivity index (χ0n) is 10.1. The van der Waals surface area contributed by atoms with Crippen molar-refractivity contribution in [2.75, 3.05) is 0 Å². The number of benzene rings is 1. The van der Waals surface area contributed by atoms with Crippen molar-refractivity contribution in [1.29, 1.82) is 0 Å². The molecule has 0 heterocycles. The molecule has 1 atom stereocenters. The molecule has 1 aromatic rings. The number of nitrogens with one attached hydrogen (secondary N) is 1. The van der Waals surface area contributed by atoms with Crippen LogP contribution in [-0.2, 0) is 4.79 Å². The van der Waals surface area contributed by atoms with E-state index in [-0.39, 0.29) is 17.9 Å². The lowest BCUT2D eigenvalue weighted by Gasteiger charge is -2.27. The van der Waals surface area contributed by atoms with Gasteiger partial charge in [-0.2, -0.15) is 0 Å². The van der Waals surface area contributed by atoms with E-state index in [1.54, 1.807) is 0 Å². The van der Waals surface area contributed by atoms with Crippen molar-refractivity contribution in [2.45, 2.75) is 31.7 Å². The molecule has 1 saturated carbocycles. The lowest BCUT2D eigenvalue weighted by atomic mass is 9.84. The molecule has 2 rings (SSSR count). The molecule has 1 aliphatic carbocycles. The van der Waals surface area contributed by atoms with E-state index in [2.05, 4.69) is 24.0 Å². The largest absolute Gasteiger partial charge is 0.349 e. The van der Waals surface area contributed by atoms with Crippen LogP contribution in [-0.4, -0.2) is 5.91 Å². The van der Waals surface area contributed by atoms with Gasteiger partial charge in [-0.3, -0.25) is 4.79 Å². The summed E-state index contributed by atoms with van der Waals surface area (Å²) in [7, 11) is 0. The fourth-order valence-electron chi connectivity index (χ4n) is 2.09. The van der Waals surface area contributed by atoms with Gasteiger partial charge in [-0.1, -0.05) is 42.8 Å². The summed E-state index contributed by atoms with van der Waals surface area (Å²) >= 11 is 0. The highest BCUT2D eigenvalue weighted by atomic mass is 16.2.